The zero-order valence-electron chi connectivity index (χ0n) is 31.6. The summed E-state index contributed by atoms with van der Waals surface area (Å²) in [6.07, 6.45) is 18.7. The number of hydrogen-bond donors (Lipinski definition) is 7. The van der Waals surface area contributed by atoms with Gasteiger partial charge >= 0.3 is 0 Å². The van der Waals surface area contributed by atoms with Crippen LogP contribution in [0.15, 0.2) is 0 Å². The highest BCUT2D eigenvalue weighted by Gasteiger charge is 2.43. The summed E-state index contributed by atoms with van der Waals surface area (Å²) in [5.74, 6) is 0.577. The third-order valence-corrected chi connectivity index (χ3v) is 11.0. The topological polar surface area (TPSA) is 169 Å². The lowest BCUT2D eigenvalue weighted by Crippen LogP contribution is -2.59. The number of hydrogen-bond acceptors (Lipinski definition) is 9. The average Bonchev–Trinajstić information content (AvgIpc) is 3.64. The van der Waals surface area contributed by atoms with Gasteiger partial charge < -0.3 is 45.4 Å². The van der Waals surface area contributed by atoms with Gasteiger partial charge in [-0.25, -0.2) is 0 Å². The summed E-state index contributed by atoms with van der Waals surface area (Å²) in [6, 6.07) is -0.766. The molecule has 2 aliphatic heterocycles. The summed E-state index contributed by atoms with van der Waals surface area (Å²) in [7, 11) is 0. The van der Waals surface area contributed by atoms with Gasteiger partial charge in [-0.05, 0) is 44.4 Å². The number of carbonyl (C=O) groups is 1. The number of aliphatic hydroxyl groups excluding tert-OH is 6. The molecular weight excluding hydrogens is 638 g/mol. The minimum absolute atomic E-state index is 0.156. The van der Waals surface area contributed by atoms with Gasteiger partial charge in [-0.1, -0.05) is 129 Å². The van der Waals surface area contributed by atoms with Crippen LogP contribution in [0.1, 0.15) is 174 Å². The van der Waals surface area contributed by atoms with Crippen molar-refractivity contribution in [2.45, 2.75) is 223 Å². The number of carbonyl (C=O) groups excluding carboxylic acids is 1. The van der Waals surface area contributed by atoms with E-state index in [1.54, 1.807) is 0 Å². The second kappa shape index (κ2) is 28.6. The Hall–Kier alpha value is -0.850. The molecular formula is C40H77NO9. The molecule has 1 amide bonds. The second-order valence-electron chi connectivity index (χ2n) is 15.5. The van der Waals surface area contributed by atoms with Gasteiger partial charge in [0.2, 0.25) is 5.91 Å². The van der Waals surface area contributed by atoms with Crippen LogP contribution in [0.5, 0.6) is 0 Å². The van der Waals surface area contributed by atoms with Crippen LogP contribution in [-0.4, -0.2) is 105 Å². The van der Waals surface area contributed by atoms with E-state index in [0.29, 0.717) is 12.8 Å². The van der Waals surface area contributed by atoms with Gasteiger partial charge in [0.25, 0.3) is 0 Å². The molecule has 7 N–H and O–H groups in total. The molecule has 0 saturated carbocycles. The molecule has 10 heteroatoms. The molecule has 2 heterocycles. The Bertz CT molecular complexity index is 812. The number of unbranched alkanes of at least 4 members (excludes halogenated alkanes) is 18. The zero-order valence-corrected chi connectivity index (χ0v) is 31.6. The van der Waals surface area contributed by atoms with Crippen molar-refractivity contribution in [1.29, 1.82) is 0 Å². The van der Waals surface area contributed by atoms with E-state index in [-0.39, 0.29) is 18.7 Å². The SMILES string of the molecule is CCCCCCCCCCCCCC[C@@H](O)[C@@H](O)[C@H](CCC1OC(CO)C(O)C(O)C1O)NC(=O)CCCCCCCCCCC1CCOC1. The molecule has 2 fully saturated rings. The quantitative estimate of drug-likeness (QED) is 0.0436. The van der Waals surface area contributed by atoms with Gasteiger partial charge in [-0.15, -0.1) is 0 Å². The van der Waals surface area contributed by atoms with Crippen LogP contribution in [0.3, 0.4) is 0 Å². The van der Waals surface area contributed by atoms with Gasteiger partial charge in [0.1, 0.15) is 24.4 Å². The second-order valence-corrected chi connectivity index (χ2v) is 15.5. The Morgan fingerprint density at radius 3 is 1.78 bits per heavy atom. The van der Waals surface area contributed by atoms with E-state index in [1.807, 2.05) is 0 Å². The van der Waals surface area contributed by atoms with Gasteiger partial charge in [-0.3, -0.25) is 4.79 Å². The highest BCUT2D eigenvalue weighted by atomic mass is 16.5. The predicted octanol–water partition coefficient (Wildman–Crippen LogP) is 5.84. The maximum Gasteiger partial charge on any atom is 0.220 e. The number of nitrogens with one attached hydrogen (secondary N) is 1. The van der Waals surface area contributed by atoms with Crippen molar-refractivity contribution in [3.8, 4) is 0 Å². The lowest BCUT2D eigenvalue weighted by atomic mass is 9.90. The van der Waals surface area contributed by atoms with Crippen LogP contribution in [0.25, 0.3) is 0 Å². The molecule has 296 valence electrons. The fourth-order valence-electron chi connectivity index (χ4n) is 7.59. The van der Waals surface area contributed by atoms with E-state index < -0.39 is 55.4 Å². The summed E-state index contributed by atoms with van der Waals surface area (Å²) < 4.78 is 11.1. The number of aliphatic hydroxyl groups is 6. The van der Waals surface area contributed by atoms with Crippen molar-refractivity contribution in [2.75, 3.05) is 19.8 Å². The van der Waals surface area contributed by atoms with E-state index >= 15 is 0 Å². The molecule has 9 atom stereocenters. The molecule has 0 aromatic rings. The maximum atomic E-state index is 13.0. The normalized spacial score (nSPS) is 25.8. The Labute approximate surface area is 304 Å². The minimum atomic E-state index is -1.48. The first-order valence-corrected chi connectivity index (χ1v) is 20.8. The lowest BCUT2D eigenvalue weighted by molar-refractivity contribution is -0.231. The molecule has 10 nitrogen and oxygen atoms in total. The number of rotatable bonds is 31. The van der Waals surface area contributed by atoms with Gasteiger partial charge in [0.05, 0.1) is 31.0 Å². The molecule has 6 unspecified atom stereocenters. The summed E-state index contributed by atoms with van der Waals surface area (Å²) in [5, 5.41) is 65.5. The van der Waals surface area contributed by atoms with Crippen LogP contribution >= 0.6 is 0 Å². The zero-order chi connectivity index (χ0) is 36.4. The van der Waals surface area contributed by atoms with E-state index in [4.69, 9.17) is 9.47 Å². The maximum absolute atomic E-state index is 13.0. The van der Waals surface area contributed by atoms with Crippen molar-refractivity contribution in [1.82, 2.24) is 5.32 Å². The first-order valence-electron chi connectivity index (χ1n) is 20.8. The van der Waals surface area contributed by atoms with E-state index in [2.05, 4.69) is 12.2 Å². The van der Waals surface area contributed by atoms with E-state index in [1.165, 1.54) is 103 Å². The molecule has 2 saturated heterocycles. The molecule has 0 radical (unpaired) electrons. The Kier molecular flexibility index (Phi) is 25.9. The average molecular weight is 716 g/mol. The van der Waals surface area contributed by atoms with Gasteiger partial charge in [0, 0.05) is 19.6 Å². The summed E-state index contributed by atoms with van der Waals surface area (Å²) in [4.78, 5) is 13.0. The first-order chi connectivity index (χ1) is 24.3. The van der Waals surface area contributed by atoms with E-state index in [9.17, 15) is 35.4 Å². The third-order valence-electron chi connectivity index (χ3n) is 11.0. The van der Waals surface area contributed by atoms with Crippen molar-refractivity contribution in [3.05, 3.63) is 0 Å². The fraction of sp³-hybridized carbons (Fsp3) is 0.975. The highest BCUT2D eigenvalue weighted by Crippen LogP contribution is 2.26. The van der Waals surface area contributed by atoms with Gasteiger partial charge in [0.15, 0.2) is 0 Å². The Morgan fingerprint density at radius 1 is 0.680 bits per heavy atom. The van der Waals surface area contributed by atoms with Crippen LogP contribution in [0, 0.1) is 5.92 Å². The smallest absolute Gasteiger partial charge is 0.220 e. The number of amides is 1. The van der Waals surface area contributed by atoms with Crippen LogP contribution < -0.4 is 5.32 Å². The van der Waals surface area contributed by atoms with Crippen molar-refractivity contribution in [3.63, 3.8) is 0 Å². The fourth-order valence-corrected chi connectivity index (χ4v) is 7.59. The molecule has 0 bridgehead atoms. The third kappa shape index (κ3) is 19.3. The van der Waals surface area contributed by atoms with Crippen molar-refractivity contribution < 1.29 is 44.9 Å². The Balaban J connectivity index is 1.71. The van der Waals surface area contributed by atoms with Crippen LogP contribution in [-0.2, 0) is 14.3 Å². The summed E-state index contributed by atoms with van der Waals surface area (Å²) >= 11 is 0. The van der Waals surface area contributed by atoms with Crippen LogP contribution in [0.4, 0.5) is 0 Å². The summed E-state index contributed by atoms with van der Waals surface area (Å²) in [5.41, 5.74) is 0. The van der Waals surface area contributed by atoms with Crippen LogP contribution in [0.2, 0.25) is 0 Å². The monoisotopic (exact) mass is 716 g/mol. The largest absolute Gasteiger partial charge is 0.394 e. The lowest BCUT2D eigenvalue weighted by Gasteiger charge is -2.40. The Morgan fingerprint density at radius 2 is 1.22 bits per heavy atom. The van der Waals surface area contributed by atoms with Crippen molar-refractivity contribution in [2.24, 2.45) is 5.92 Å². The molecule has 0 aliphatic carbocycles. The minimum Gasteiger partial charge on any atom is -0.394 e. The molecule has 0 aromatic carbocycles. The highest BCUT2D eigenvalue weighted by molar-refractivity contribution is 5.76. The predicted molar refractivity (Wildman–Crippen MR) is 198 cm³/mol. The number of ether oxygens (including phenoxy) is 2. The summed E-state index contributed by atoms with van der Waals surface area (Å²) in [6.45, 7) is 3.59. The van der Waals surface area contributed by atoms with E-state index in [0.717, 1.165) is 57.7 Å². The molecule has 2 aliphatic rings. The molecule has 0 aromatic heterocycles. The standard InChI is InChI=1S/C40H77NO9/c1-2-3-4-5-6-7-8-9-10-14-17-20-23-33(43)37(45)32(25-26-34-38(46)40(48)39(47)35(29-42)50-34)41-36(44)24-21-18-15-12-11-13-16-19-22-31-27-28-49-30-31/h31-35,37-40,42-43,45-48H,2-30H2,1H3,(H,41,44)/t31?,32-,33+,34?,35?,37-,38?,39?,40?/m0/s1. The first kappa shape index (κ1) is 45.3. The van der Waals surface area contributed by atoms with Gasteiger partial charge in [-0.2, -0.15) is 0 Å². The molecule has 2 rings (SSSR count). The molecule has 0 spiro atoms. The van der Waals surface area contributed by atoms with Crippen molar-refractivity contribution >= 4 is 5.91 Å². The molecule has 50 heavy (non-hydrogen) atoms.